The zero-order valence-corrected chi connectivity index (χ0v) is 13.2. The summed E-state index contributed by atoms with van der Waals surface area (Å²) in [7, 11) is 4.83. The molecule has 120 valence electrons. The predicted octanol–water partition coefficient (Wildman–Crippen LogP) is 0.987. The van der Waals surface area contributed by atoms with Crippen LogP contribution in [0.1, 0.15) is 26.2 Å². The van der Waals surface area contributed by atoms with Crippen LogP contribution in [-0.2, 0) is 23.7 Å². The van der Waals surface area contributed by atoms with E-state index in [1.807, 2.05) is 6.92 Å². The summed E-state index contributed by atoms with van der Waals surface area (Å²) < 4.78 is 20.5. The van der Waals surface area contributed by atoms with Crippen molar-refractivity contribution in [2.75, 3.05) is 54.3 Å². The fourth-order valence-corrected chi connectivity index (χ4v) is 1.71. The second-order valence-electron chi connectivity index (χ2n) is 4.75. The van der Waals surface area contributed by atoms with Gasteiger partial charge in [0.05, 0.1) is 20.3 Å². The number of nitrogens with one attached hydrogen (secondary N) is 1. The number of carbonyl (C=O) groups excluding carboxylic acids is 1. The average molecular weight is 291 g/mol. The molecule has 0 aromatic carbocycles. The fourth-order valence-electron chi connectivity index (χ4n) is 1.71. The molecule has 0 aliphatic rings. The van der Waals surface area contributed by atoms with Gasteiger partial charge in [0, 0.05) is 26.9 Å². The molecule has 6 heteroatoms. The Labute approximate surface area is 122 Å². The van der Waals surface area contributed by atoms with Crippen molar-refractivity contribution in [3.8, 4) is 0 Å². The smallest absolute Gasteiger partial charge is 0.325 e. The van der Waals surface area contributed by atoms with E-state index < -0.39 is 5.54 Å². The minimum atomic E-state index is -0.644. The van der Waals surface area contributed by atoms with Gasteiger partial charge in [0.25, 0.3) is 0 Å². The van der Waals surface area contributed by atoms with Crippen LogP contribution in [0.25, 0.3) is 0 Å². The van der Waals surface area contributed by atoms with Crippen LogP contribution in [-0.4, -0.2) is 65.8 Å². The maximum Gasteiger partial charge on any atom is 0.325 e. The van der Waals surface area contributed by atoms with Crippen molar-refractivity contribution in [3.63, 3.8) is 0 Å². The van der Waals surface area contributed by atoms with Crippen LogP contribution < -0.4 is 5.32 Å². The molecule has 1 atom stereocenters. The maximum absolute atomic E-state index is 11.6. The molecule has 20 heavy (non-hydrogen) atoms. The highest BCUT2D eigenvalue weighted by atomic mass is 16.5. The molecule has 0 saturated carbocycles. The van der Waals surface area contributed by atoms with Gasteiger partial charge in [-0.2, -0.15) is 0 Å². The number of hydrogen-bond acceptors (Lipinski definition) is 6. The highest BCUT2D eigenvalue weighted by Crippen LogP contribution is 2.13. The van der Waals surface area contributed by atoms with Gasteiger partial charge >= 0.3 is 5.97 Å². The standard InChI is InChI=1S/C14H29NO5/c1-14(15-2,13(16)18-4)7-5-9-19-11-12-20-10-6-8-17-3/h15H,5-12H2,1-4H3. The first-order valence-corrected chi connectivity index (χ1v) is 7.02. The summed E-state index contributed by atoms with van der Waals surface area (Å²) in [6.07, 6.45) is 2.36. The van der Waals surface area contributed by atoms with Crippen molar-refractivity contribution < 1.29 is 23.7 Å². The molecule has 0 radical (unpaired) electrons. The van der Waals surface area contributed by atoms with E-state index in [9.17, 15) is 4.79 Å². The monoisotopic (exact) mass is 291 g/mol. The van der Waals surface area contributed by atoms with E-state index in [0.29, 0.717) is 32.8 Å². The molecule has 0 heterocycles. The fraction of sp³-hybridized carbons (Fsp3) is 0.929. The van der Waals surface area contributed by atoms with Gasteiger partial charge in [-0.05, 0) is 33.2 Å². The van der Waals surface area contributed by atoms with E-state index in [1.165, 1.54) is 7.11 Å². The first-order valence-electron chi connectivity index (χ1n) is 7.02. The second-order valence-corrected chi connectivity index (χ2v) is 4.75. The maximum atomic E-state index is 11.6. The van der Waals surface area contributed by atoms with Crippen molar-refractivity contribution >= 4 is 5.97 Å². The van der Waals surface area contributed by atoms with Gasteiger partial charge in [-0.25, -0.2) is 0 Å². The van der Waals surface area contributed by atoms with Crippen molar-refractivity contribution in [2.45, 2.75) is 31.7 Å². The molecular formula is C14H29NO5. The Kier molecular flexibility index (Phi) is 11.7. The summed E-state index contributed by atoms with van der Waals surface area (Å²) in [5.41, 5.74) is -0.644. The van der Waals surface area contributed by atoms with Gasteiger partial charge in [-0.3, -0.25) is 4.79 Å². The van der Waals surface area contributed by atoms with E-state index >= 15 is 0 Å². The van der Waals surface area contributed by atoms with E-state index in [-0.39, 0.29) is 5.97 Å². The minimum Gasteiger partial charge on any atom is -0.468 e. The Hall–Kier alpha value is -0.690. The Balaban J connectivity index is 3.49. The van der Waals surface area contributed by atoms with Crippen molar-refractivity contribution in [1.29, 1.82) is 0 Å². The molecule has 0 aliphatic carbocycles. The van der Waals surface area contributed by atoms with E-state index in [2.05, 4.69) is 5.32 Å². The lowest BCUT2D eigenvalue weighted by atomic mass is 9.96. The SMILES string of the molecule is CNC(C)(CCCOCCOCCCOC)C(=O)OC. The van der Waals surface area contributed by atoms with Crippen LogP contribution in [0.3, 0.4) is 0 Å². The summed E-state index contributed by atoms with van der Waals surface area (Å²) in [5, 5.41) is 2.99. The summed E-state index contributed by atoms with van der Waals surface area (Å²) >= 11 is 0. The summed E-state index contributed by atoms with van der Waals surface area (Å²) in [6.45, 7) is 5.01. The zero-order chi connectivity index (χ0) is 15.3. The Morgan fingerprint density at radius 2 is 1.60 bits per heavy atom. The number of methoxy groups -OCH3 is 2. The zero-order valence-electron chi connectivity index (χ0n) is 13.2. The van der Waals surface area contributed by atoms with Gasteiger partial charge in [0.2, 0.25) is 0 Å². The third kappa shape index (κ3) is 8.47. The van der Waals surface area contributed by atoms with E-state index in [4.69, 9.17) is 18.9 Å². The van der Waals surface area contributed by atoms with Crippen LogP contribution in [0.4, 0.5) is 0 Å². The average Bonchev–Trinajstić information content (AvgIpc) is 2.48. The van der Waals surface area contributed by atoms with Crippen LogP contribution in [0.15, 0.2) is 0 Å². The normalized spacial score (nSPS) is 14.0. The molecule has 0 rings (SSSR count). The molecule has 0 bridgehead atoms. The highest BCUT2D eigenvalue weighted by Gasteiger charge is 2.31. The topological polar surface area (TPSA) is 66.0 Å². The third-order valence-electron chi connectivity index (χ3n) is 3.16. The number of hydrogen-bond donors (Lipinski definition) is 1. The van der Waals surface area contributed by atoms with Gasteiger partial charge in [0.15, 0.2) is 0 Å². The van der Waals surface area contributed by atoms with Gasteiger partial charge < -0.3 is 24.3 Å². The lowest BCUT2D eigenvalue weighted by Crippen LogP contribution is -2.48. The molecule has 1 N–H and O–H groups in total. The predicted molar refractivity (Wildman–Crippen MR) is 76.8 cm³/mol. The Bertz CT molecular complexity index is 250. The van der Waals surface area contributed by atoms with Crippen molar-refractivity contribution in [3.05, 3.63) is 0 Å². The molecule has 0 aromatic rings. The summed E-state index contributed by atoms with van der Waals surface area (Å²) in [6, 6.07) is 0. The molecule has 0 saturated heterocycles. The van der Waals surface area contributed by atoms with Gasteiger partial charge in [0.1, 0.15) is 5.54 Å². The number of esters is 1. The lowest BCUT2D eigenvalue weighted by molar-refractivity contribution is -0.148. The molecule has 0 aromatic heterocycles. The van der Waals surface area contributed by atoms with Crippen LogP contribution in [0.5, 0.6) is 0 Å². The molecule has 0 spiro atoms. The van der Waals surface area contributed by atoms with E-state index in [0.717, 1.165) is 19.4 Å². The van der Waals surface area contributed by atoms with Crippen LogP contribution in [0, 0.1) is 0 Å². The number of likely N-dealkylation sites (N-methyl/N-ethyl adjacent to an activating group) is 1. The van der Waals surface area contributed by atoms with Crippen molar-refractivity contribution in [1.82, 2.24) is 5.32 Å². The second kappa shape index (κ2) is 12.1. The van der Waals surface area contributed by atoms with Gasteiger partial charge in [-0.1, -0.05) is 0 Å². The van der Waals surface area contributed by atoms with Crippen LogP contribution >= 0.6 is 0 Å². The lowest BCUT2D eigenvalue weighted by Gasteiger charge is -2.25. The molecule has 1 unspecified atom stereocenters. The first kappa shape index (κ1) is 19.3. The Morgan fingerprint density at radius 3 is 2.10 bits per heavy atom. The molecular weight excluding hydrogens is 262 g/mol. The minimum absolute atomic E-state index is 0.249. The van der Waals surface area contributed by atoms with E-state index in [1.54, 1.807) is 14.2 Å². The molecule has 0 fully saturated rings. The van der Waals surface area contributed by atoms with Crippen LogP contribution in [0.2, 0.25) is 0 Å². The third-order valence-corrected chi connectivity index (χ3v) is 3.16. The Morgan fingerprint density at radius 1 is 1.00 bits per heavy atom. The molecule has 0 amide bonds. The quantitative estimate of drug-likeness (QED) is 0.403. The number of rotatable bonds is 13. The summed E-state index contributed by atoms with van der Waals surface area (Å²) in [4.78, 5) is 11.6. The number of ether oxygens (including phenoxy) is 4. The summed E-state index contributed by atoms with van der Waals surface area (Å²) in [5.74, 6) is -0.249. The number of carbonyl (C=O) groups is 1. The molecule has 0 aliphatic heterocycles. The molecule has 6 nitrogen and oxygen atoms in total. The largest absolute Gasteiger partial charge is 0.468 e. The highest BCUT2D eigenvalue weighted by molar-refractivity contribution is 5.80. The van der Waals surface area contributed by atoms with Crippen molar-refractivity contribution in [2.24, 2.45) is 0 Å². The first-order chi connectivity index (χ1) is 9.60. The van der Waals surface area contributed by atoms with Gasteiger partial charge in [-0.15, -0.1) is 0 Å².